The molecule has 6 nitrogen and oxygen atoms in total. The molecule has 0 aliphatic rings. The molecule has 0 saturated heterocycles. The molecule has 34 heavy (non-hydrogen) atoms. The summed E-state index contributed by atoms with van der Waals surface area (Å²) in [5.74, 6) is 1.22. The van der Waals surface area contributed by atoms with Crippen molar-refractivity contribution < 1.29 is 14.6 Å². The SMILES string of the molecule is CCCN(C)Cc1ccc(N=C(c2ccccc2)c2c(O)[nH]c3cc(OC)c(OC)cc23)cc1. The Morgan fingerprint density at radius 1 is 0.971 bits per heavy atom. The number of aromatic nitrogens is 1. The normalized spacial score (nSPS) is 11.9. The average Bonchev–Trinajstić information content (AvgIpc) is 3.17. The van der Waals surface area contributed by atoms with Crippen molar-refractivity contribution in [3.63, 3.8) is 0 Å². The Labute approximate surface area is 200 Å². The van der Waals surface area contributed by atoms with Gasteiger partial charge in [-0.1, -0.05) is 49.4 Å². The topological polar surface area (TPSA) is 70.1 Å². The van der Waals surface area contributed by atoms with Gasteiger partial charge in [-0.25, -0.2) is 4.99 Å². The number of H-pyrrole nitrogens is 1. The fourth-order valence-corrected chi connectivity index (χ4v) is 4.18. The molecule has 3 aromatic carbocycles. The molecule has 4 rings (SSSR count). The Bertz CT molecular complexity index is 1280. The molecule has 0 spiro atoms. The zero-order chi connectivity index (χ0) is 24.1. The molecule has 0 radical (unpaired) electrons. The molecule has 0 fully saturated rings. The molecule has 0 bridgehead atoms. The van der Waals surface area contributed by atoms with Gasteiger partial charge in [-0.15, -0.1) is 0 Å². The molecule has 0 aliphatic heterocycles. The Kier molecular flexibility index (Phi) is 7.18. The highest BCUT2D eigenvalue weighted by molar-refractivity contribution is 6.22. The van der Waals surface area contributed by atoms with Crippen LogP contribution in [0.15, 0.2) is 71.7 Å². The van der Waals surface area contributed by atoms with Crippen molar-refractivity contribution in [2.24, 2.45) is 4.99 Å². The number of nitrogens with one attached hydrogen (secondary N) is 1. The zero-order valence-electron chi connectivity index (χ0n) is 20.1. The quantitative estimate of drug-likeness (QED) is 0.307. The van der Waals surface area contributed by atoms with E-state index in [1.54, 1.807) is 14.2 Å². The predicted molar refractivity (Wildman–Crippen MR) is 138 cm³/mol. The molecule has 0 saturated carbocycles. The number of aliphatic imine (C=N–C) groups is 1. The van der Waals surface area contributed by atoms with E-state index in [2.05, 4.69) is 36.0 Å². The molecular formula is C28H31N3O3. The van der Waals surface area contributed by atoms with Crippen molar-refractivity contribution in [1.82, 2.24) is 9.88 Å². The van der Waals surface area contributed by atoms with Crippen LogP contribution in [-0.2, 0) is 6.54 Å². The van der Waals surface area contributed by atoms with Gasteiger partial charge < -0.3 is 24.5 Å². The first kappa shape index (κ1) is 23.4. The average molecular weight is 458 g/mol. The maximum Gasteiger partial charge on any atom is 0.199 e. The van der Waals surface area contributed by atoms with Crippen molar-refractivity contribution in [3.05, 3.63) is 83.4 Å². The van der Waals surface area contributed by atoms with Gasteiger partial charge in [-0.05, 0) is 43.8 Å². The van der Waals surface area contributed by atoms with Crippen LogP contribution in [0.3, 0.4) is 0 Å². The number of aromatic hydroxyl groups is 1. The first-order valence-corrected chi connectivity index (χ1v) is 11.4. The number of ether oxygens (including phenoxy) is 2. The Morgan fingerprint density at radius 3 is 2.29 bits per heavy atom. The van der Waals surface area contributed by atoms with Crippen LogP contribution in [0.4, 0.5) is 5.69 Å². The Balaban J connectivity index is 1.82. The van der Waals surface area contributed by atoms with Gasteiger partial charge >= 0.3 is 0 Å². The second-order valence-corrected chi connectivity index (χ2v) is 8.33. The number of benzene rings is 3. The summed E-state index contributed by atoms with van der Waals surface area (Å²) in [6, 6.07) is 21.8. The lowest BCUT2D eigenvalue weighted by Gasteiger charge is -2.15. The van der Waals surface area contributed by atoms with Crippen LogP contribution in [0, 0.1) is 0 Å². The summed E-state index contributed by atoms with van der Waals surface area (Å²) in [5, 5.41) is 11.7. The molecule has 2 N–H and O–H groups in total. The van der Waals surface area contributed by atoms with Crippen LogP contribution in [0.2, 0.25) is 0 Å². The van der Waals surface area contributed by atoms with Crippen LogP contribution in [0.25, 0.3) is 10.9 Å². The molecular weight excluding hydrogens is 426 g/mol. The van der Waals surface area contributed by atoms with E-state index in [0.29, 0.717) is 22.8 Å². The highest BCUT2D eigenvalue weighted by Gasteiger charge is 2.21. The summed E-state index contributed by atoms with van der Waals surface area (Å²) >= 11 is 0. The summed E-state index contributed by atoms with van der Waals surface area (Å²) < 4.78 is 10.9. The van der Waals surface area contributed by atoms with E-state index in [1.807, 2.05) is 54.6 Å². The molecule has 4 aromatic rings. The van der Waals surface area contributed by atoms with Gasteiger partial charge in [0.1, 0.15) is 0 Å². The summed E-state index contributed by atoms with van der Waals surface area (Å²) in [6.07, 6.45) is 1.13. The molecule has 0 atom stereocenters. The summed E-state index contributed by atoms with van der Waals surface area (Å²) in [6.45, 7) is 4.14. The van der Waals surface area contributed by atoms with Gasteiger partial charge in [-0.2, -0.15) is 0 Å². The zero-order valence-corrected chi connectivity index (χ0v) is 20.1. The third-order valence-electron chi connectivity index (χ3n) is 5.80. The largest absolute Gasteiger partial charge is 0.494 e. The molecule has 0 aliphatic carbocycles. The van der Waals surface area contributed by atoms with Crippen molar-refractivity contribution in [3.8, 4) is 17.4 Å². The second-order valence-electron chi connectivity index (χ2n) is 8.33. The van der Waals surface area contributed by atoms with E-state index in [-0.39, 0.29) is 5.88 Å². The lowest BCUT2D eigenvalue weighted by Crippen LogP contribution is -2.18. The highest BCUT2D eigenvalue weighted by atomic mass is 16.5. The molecule has 1 heterocycles. The van der Waals surface area contributed by atoms with Crippen LogP contribution >= 0.6 is 0 Å². The lowest BCUT2D eigenvalue weighted by molar-refractivity contribution is 0.327. The van der Waals surface area contributed by atoms with Crippen molar-refractivity contribution in [2.45, 2.75) is 19.9 Å². The monoisotopic (exact) mass is 457 g/mol. The van der Waals surface area contributed by atoms with E-state index in [9.17, 15) is 5.11 Å². The number of rotatable bonds is 9. The first-order valence-electron chi connectivity index (χ1n) is 11.4. The minimum atomic E-state index is 0.0470. The number of hydrogen-bond donors (Lipinski definition) is 2. The molecule has 0 unspecified atom stereocenters. The number of methoxy groups -OCH3 is 2. The van der Waals surface area contributed by atoms with Gasteiger partial charge in [-0.3, -0.25) is 0 Å². The molecule has 1 aromatic heterocycles. The number of fused-ring (bicyclic) bond motifs is 1. The van der Waals surface area contributed by atoms with Crippen molar-refractivity contribution in [2.75, 3.05) is 27.8 Å². The fourth-order valence-electron chi connectivity index (χ4n) is 4.18. The van der Waals surface area contributed by atoms with Gasteiger partial charge in [0.25, 0.3) is 0 Å². The fraction of sp³-hybridized carbons (Fsp3) is 0.250. The predicted octanol–water partition coefficient (Wildman–Crippen LogP) is 5.90. The van der Waals surface area contributed by atoms with Gasteiger partial charge in [0, 0.05) is 23.6 Å². The van der Waals surface area contributed by atoms with E-state index in [4.69, 9.17) is 14.5 Å². The minimum Gasteiger partial charge on any atom is -0.494 e. The van der Waals surface area contributed by atoms with Crippen molar-refractivity contribution in [1.29, 1.82) is 0 Å². The number of nitrogens with zero attached hydrogens (tertiary/aromatic N) is 2. The summed E-state index contributed by atoms with van der Waals surface area (Å²) in [5.41, 5.74) is 4.99. The van der Waals surface area contributed by atoms with Gasteiger partial charge in [0.2, 0.25) is 0 Å². The maximum absolute atomic E-state index is 10.9. The molecule has 6 heteroatoms. The van der Waals surface area contributed by atoms with E-state index < -0.39 is 0 Å². The smallest absolute Gasteiger partial charge is 0.199 e. The molecule has 176 valence electrons. The summed E-state index contributed by atoms with van der Waals surface area (Å²) in [7, 11) is 5.32. The highest BCUT2D eigenvalue weighted by Crippen LogP contribution is 2.38. The van der Waals surface area contributed by atoms with E-state index in [1.165, 1.54) is 5.56 Å². The van der Waals surface area contributed by atoms with Crippen LogP contribution in [-0.4, -0.2) is 48.5 Å². The number of aromatic amines is 1. The van der Waals surface area contributed by atoms with Gasteiger partial charge in [0.15, 0.2) is 17.4 Å². The van der Waals surface area contributed by atoms with Crippen molar-refractivity contribution >= 4 is 22.3 Å². The minimum absolute atomic E-state index is 0.0470. The standard InChI is InChI=1S/C28H31N3O3/c1-5-15-31(2)18-19-11-13-21(14-12-19)29-27(20-9-7-6-8-10-20)26-22-16-24(33-3)25(34-4)17-23(22)30-28(26)32/h6-14,16-17,30,32H,5,15,18H2,1-4H3. The first-order chi connectivity index (χ1) is 16.5. The molecule has 0 amide bonds. The van der Waals surface area contributed by atoms with E-state index in [0.717, 1.165) is 41.7 Å². The third kappa shape index (κ3) is 4.92. The van der Waals surface area contributed by atoms with Gasteiger partial charge in [0.05, 0.1) is 36.7 Å². The van der Waals surface area contributed by atoms with E-state index >= 15 is 0 Å². The van der Waals surface area contributed by atoms with Crippen LogP contribution in [0.5, 0.6) is 17.4 Å². The Morgan fingerprint density at radius 2 is 1.65 bits per heavy atom. The summed E-state index contributed by atoms with van der Waals surface area (Å²) in [4.78, 5) is 10.4. The van der Waals surface area contributed by atoms with Crippen LogP contribution < -0.4 is 9.47 Å². The van der Waals surface area contributed by atoms with Crippen LogP contribution in [0.1, 0.15) is 30.0 Å². The maximum atomic E-state index is 10.9. The second kappa shape index (κ2) is 10.4. The Hall–Kier alpha value is -3.77. The third-order valence-corrected chi connectivity index (χ3v) is 5.80. The lowest BCUT2D eigenvalue weighted by atomic mass is 10.0. The number of hydrogen-bond acceptors (Lipinski definition) is 5.